The van der Waals surface area contributed by atoms with Gasteiger partial charge in [-0.05, 0) is 24.0 Å². The van der Waals surface area contributed by atoms with E-state index in [2.05, 4.69) is 0 Å². The Morgan fingerprint density at radius 2 is 1.65 bits per heavy atom. The number of benzene rings is 2. The van der Waals surface area contributed by atoms with Gasteiger partial charge in [0.1, 0.15) is 11.7 Å². The second-order valence-electron chi connectivity index (χ2n) is 6.90. The zero-order chi connectivity index (χ0) is 18.6. The first kappa shape index (κ1) is 18.2. The fraction of sp³-hybridized carbons (Fsp3) is 0.348. The van der Waals surface area contributed by atoms with Gasteiger partial charge in [-0.25, -0.2) is 0 Å². The van der Waals surface area contributed by atoms with Crippen molar-refractivity contribution in [1.29, 1.82) is 0 Å². The van der Waals surface area contributed by atoms with E-state index in [-0.39, 0.29) is 17.6 Å². The molecule has 0 fully saturated rings. The molecule has 0 aromatic heterocycles. The van der Waals surface area contributed by atoms with E-state index >= 15 is 0 Å². The summed E-state index contributed by atoms with van der Waals surface area (Å²) in [7, 11) is 0. The zero-order valence-corrected chi connectivity index (χ0v) is 15.4. The van der Waals surface area contributed by atoms with Crippen LogP contribution in [0.15, 0.2) is 72.5 Å². The molecule has 2 aromatic carbocycles. The number of esters is 1. The molecule has 3 unspecified atom stereocenters. The van der Waals surface area contributed by atoms with Crippen LogP contribution in [0.1, 0.15) is 50.2 Å². The fourth-order valence-electron chi connectivity index (χ4n) is 3.96. The molecule has 0 saturated heterocycles. The Bertz CT molecular complexity index is 767. The lowest BCUT2D eigenvalue weighted by molar-refractivity contribution is -0.166. The van der Waals surface area contributed by atoms with Crippen molar-refractivity contribution in [2.24, 2.45) is 5.92 Å². The van der Waals surface area contributed by atoms with Gasteiger partial charge in [0, 0.05) is 12.0 Å². The maximum atomic E-state index is 13.0. The van der Waals surface area contributed by atoms with E-state index in [1.165, 1.54) is 0 Å². The van der Waals surface area contributed by atoms with Crippen LogP contribution in [0.2, 0.25) is 0 Å². The molecule has 0 saturated carbocycles. The van der Waals surface area contributed by atoms with Crippen LogP contribution in [0.25, 0.3) is 0 Å². The quantitative estimate of drug-likeness (QED) is 0.701. The van der Waals surface area contributed by atoms with Gasteiger partial charge in [0.2, 0.25) is 0 Å². The van der Waals surface area contributed by atoms with Gasteiger partial charge in [-0.1, -0.05) is 80.9 Å². The highest BCUT2D eigenvalue weighted by atomic mass is 16.6. The lowest BCUT2D eigenvalue weighted by Gasteiger charge is -2.38. The Morgan fingerprint density at radius 1 is 1.04 bits per heavy atom. The van der Waals surface area contributed by atoms with Crippen molar-refractivity contribution in [3.63, 3.8) is 0 Å². The summed E-state index contributed by atoms with van der Waals surface area (Å²) in [6.45, 7) is 4.08. The fourth-order valence-corrected chi connectivity index (χ4v) is 3.96. The van der Waals surface area contributed by atoms with E-state index in [1.54, 1.807) is 6.08 Å². The summed E-state index contributed by atoms with van der Waals surface area (Å²) in [5.74, 6) is -0.987. The zero-order valence-electron chi connectivity index (χ0n) is 15.4. The molecule has 136 valence electrons. The monoisotopic (exact) mass is 350 g/mol. The molecule has 3 heteroatoms. The third-order valence-electron chi connectivity index (χ3n) is 5.19. The van der Waals surface area contributed by atoms with Gasteiger partial charge in [-0.15, -0.1) is 0 Å². The predicted octanol–water partition coefficient (Wildman–Crippen LogP) is 5.49. The van der Waals surface area contributed by atoms with Crippen molar-refractivity contribution in [1.82, 2.24) is 0 Å². The van der Waals surface area contributed by atoms with Crippen molar-refractivity contribution in [2.45, 2.75) is 44.6 Å². The maximum absolute atomic E-state index is 13.0. The minimum atomic E-state index is -0.886. The molecule has 1 heterocycles. The van der Waals surface area contributed by atoms with Crippen molar-refractivity contribution in [3.05, 3.63) is 83.6 Å². The van der Waals surface area contributed by atoms with Crippen LogP contribution in [0.5, 0.6) is 0 Å². The molecular formula is C23H26O3. The molecule has 1 aliphatic rings. The van der Waals surface area contributed by atoms with Crippen molar-refractivity contribution in [3.8, 4) is 0 Å². The maximum Gasteiger partial charge on any atom is 0.318 e. The molecule has 0 amide bonds. The number of carbonyl (C=O) groups is 1. The average molecular weight is 350 g/mol. The predicted molar refractivity (Wildman–Crippen MR) is 103 cm³/mol. The highest BCUT2D eigenvalue weighted by molar-refractivity contribution is 5.79. The lowest BCUT2D eigenvalue weighted by Crippen LogP contribution is -2.41. The van der Waals surface area contributed by atoms with E-state index in [4.69, 9.17) is 4.74 Å². The van der Waals surface area contributed by atoms with Gasteiger partial charge >= 0.3 is 5.97 Å². The molecule has 3 atom stereocenters. The summed E-state index contributed by atoms with van der Waals surface area (Å²) < 4.78 is 6.01. The van der Waals surface area contributed by atoms with Crippen LogP contribution < -0.4 is 0 Å². The van der Waals surface area contributed by atoms with Gasteiger partial charge in [0.05, 0.1) is 0 Å². The number of rotatable bonds is 6. The number of ether oxygens (including phenoxy) is 1. The lowest BCUT2D eigenvalue weighted by atomic mass is 9.78. The minimum Gasteiger partial charge on any atom is -0.512 e. The Hall–Kier alpha value is -2.55. The summed E-state index contributed by atoms with van der Waals surface area (Å²) in [5.41, 5.74) is 1.05. The van der Waals surface area contributed by atoms with Crippen LogP contribution in [0.3, 0.4) is 0 Å². The molecule has 26 heavy (non-hydrogen) atoms. The van der Waals surface area contributed by atoms with Crippen molar-refractivity contribution in [2.75, 3.05) is 0 Å². The number of hydrogen-bond donors (Lipinski definition) is 1. The van der Waals surface area contributed by atoms with E-state index in [0.29, 0.717) is 6.42 Å². The van der Waals surface area contributed by atoms with Crippen LogP contribution in [0, 0.1) is 5.92 Å². The number of aliphatic hydroxyl groups is 1. The van der Waals surface area contributed by atoms with E-state index in [9.17, 15) is 9.90 Å². The Morgan fingerprint density at radius 3 is 2.19 bits per heavy atom. The third-order valence-corrected chi connectivity index (χ3v) is 5.19. The molecule has 2 aromatic rings. The van der Waals surface area contributed by atoms with Crippen LogP contribution in [-0.4, -0.2) is 11.1 Å². The molecule has 0 spiro atoms. The van der Waals surface area contributed by atoms with Crippen LogP contribution in [-0.2, 0) is 15.1 Å². The molecule has 0 radical (unpaired) electrons. The number of aliphatic hydroxyl groups excluding tert-OH is 1. The number of hydrogen-bond acceptors (Lipinski definition) is 3. The Kier molecular flexibility index (Phi) is 5.46. The van der Waals surface area contributed by atoms with Gasteiger partial charge in [0.15, 0.2) is 5.60 Å². The highest BCUT2D eigenvalue weighted by Crippen LogP contribution is 2.43. The van der Waals surface area contributed by atoms with Crippen LogP contribution in [0.4, 0.5) is 0 Å². The second kappa shape index (κ2) is 7.77. The smallest absolute Gasteiger partial charge is 0.318 e. The molecule has 1 aliphatic heterocycles. The standard InChI is InChI=1S/C23H26O3/c1-3-15-23(18-13-9-6-10-14-18)16-20(24)21(22(25)26-23)19(4-2)17-11-7-5-8-12-17/h5-14,16,19,21,24H,3-4,15H2,1-2H3. The van der Waals surface area contributed by atoms with E-state index < -0.39 is 11.5 Å². The summed E-state index contributed by atoms with van der Waals surface area (Å²) >= 11 is 0. The SMILES string of the molecule is CCCC1(c2ccccc2)C=C(O)C(C(CC)c2ccccc2)C(=O)O1. The number of cyclic esters (lactones) is 1. The number of carbonyl (C=O) groups excluding carboxylic acids is 1. The van der Waals surface area contributed by atoms with Gasteiger partial charge in [-0.3, -0.25) is 4.79 Å². The molecule has 3 rings (SSSR count). The first-order valence-corrected chi connectivity index (χ1v) is 9.36. The topological polar surface area (TPSA) is 46.5 Å². The minimum absolute atomic E-state index is 0.102. The normalized spacial score (nSPS) is 23.8. The van der Waals surface area contributed by atoms with Gasteiger partial charge in [0.25, 0.3) is 0 Å². The van der Waals surface area contributed by atoms with Gasteiger partial charge < -0.3 is 9.84 Å². The molecular weight excluding hydrogens is 324 g/mol. The van der Waals surface area contributed by atoms with Crippen LogP contribution >= 0.6 is 0 Å². The molecule has 0 aliphatic carbocycles. The Labute approximate surface area is 155 Å². The van der Waals surface area contributed by atoms with Crippen molar-refractivity contribution >= 4 is 5.97 Å². The largest absolute Gasteiger partial charge is 0.512 e. The van der Waals surface area contributed by atoms with E-state index in [0.717, 1.165) is 24.0 Å². The van der Waals surface area contributed by atoms with Crippen molar-refractivity contribution < 1.29 is 14.6 Å². The third kappa shape index (κ3) is 3.39. The Balaban J connectivity index is 2.02. The second-order valence-corrected chi connectivity index (χ2v) is 6.90. The average Bonchev–Trinajstić information content (AvgIpc) is 2.66. The molecule has 1 N–H and O–H groups in total. The molecule has 3 nitrogen and oxygen atoms in total. The van der Waals surface area contributed by atoms with Gasteiger partial charge in [-0.2, -0.15) is 0 Å². The summed E-state index contributed by atoms with van der Waals surface area (Å²) in [5, 5.41) is 10.9. The van der Waals surface area contributed by atoms with E-state index in [1.807, 2.05) is 74.5 Å². The highest BCUT2D eigenvalue weighted by Gasteiger charge is 2.45. The summed E-state index contributed by atoms with van der Waals surface area (Å²) in [6.07, 6.45) is 3.98. The summed E-state index contributed by atoms with van der Waals surface area (Å²) in [6, 6.07) is 19.5. The summed E-state index contributed by atoms with van der Waals surface area (Å²) in [4.78, 5) is 13.0. The molecule has 0 bridgehead atoms. The first-order valence-electron chi connectivity index (χ1n) is 9.36. The first-order chi connectivity index (χ1) is 12.6.